The van der Waals surface area contributed by atoms with Crippen LogP contribution in [0.15, 0.2) is 53.4 Å². The summed E-state index contributed by atoms with van der Waals surface area (Å²) in [7, 11) is -0.0911. The molecule has 1 amide bonds. The zero-order valence-electron chi connectivity index (χ0n) is 17.9. The van der Waals surface area contributed by atoms with Gasteiger partial charge < -0.3 is 15.1 Å². The second-order valence-electron chi connectivity index (χ2n) is 7.73. The van der Waals surface area contributed by atoms with Crippen LogP contribution in [0.4, 0.5) is 5.69 Å². The number of sulfonamides is 1. The molecule has 1 saturated heterocycles. The summed E-state index contributed by atoms with van der Waals surface area (Å²) in [4.78, 5) is 17.3. The zero-order chi connectivity index (χ0) is 22.4. The van der Waals surface area contributed by atoms with Crippen LogP contribution in [0.3, 0.4) is 0 Å². The first-order valence-electron chi connectivity index (χ1n) is 10.3. The molecule has 0 atom stereocenters. The number of piperazine rings is 1. The van der Waals surface area contributed by atoms with Crippen LogP contribution in [0.5, 0.6) is 0 Å². The largest absolute Gasteiger partial charge is 0.352 e. The van der Waals surface area contributed by atoms with E-state index >= 15 is 0 Å². The van der Waals surface area contributed by atoms with Crippen LogP contribution in [-0.4, -0.2) is 77.5 Å². The van der Waals surface area contributed by atoms with Crippen LogP contribution < -0.4 is 9.62 Å². The summed E-state index contributed by atoms with van der Waals surface area (Å²) in [6.07, 6.45) is 0.898. The van der Waals surface area contributed by atoms with Crippen LogP contribution in [0.2, 0.25) is 5.02 Å². The highest BCUT2D eigenvalue weighted by Crippen LogP contribution is 2.23. The van der Waals surface area contributed by atoms with E-state index in [0.29, 0.717) is 22.8 Å². The Labute approximate surface area is 189 Å². The van der Waals surface area contributed by atoms with Gasteiger partial charge in [0.1, 0.15) is 0 Å². The van der Waals surface area contributed by atoms with Crippen LogP contribution in [0, 0.1) is 0 Å². The number of benzene rings is 2. The molecule has 3 rings (SSSR count). The summed E-state index contributed by atoms with van der Waals surface area (Å²) in [6.45, 7) is 5.89. The molecule has 1 heterocycles. The lowest BCUT2D eigenvalue weighted by molar-refractivity contribution is 0.0949. The predicted molar refractivity (Wildman–Crippen MR) is 124 cm³/mol. The monoisotopic (exact) mass is 464 g/mol. The van der Waals surface area contributed by atoms with E-state index in [1.54, 1.807) is 36.4 Å². The maximum Gasteiger partial charge on any atom is 0.264 e. The number of hydrogen-bond donors (Lipinski definition) is 1. The van der Waals surface area contributed by atoms with Crippen molar-refractivity contribution in [1.82, 2.24) is 15.1 Å². The molecule has 0 saturated carbocycles. The molecule has 9 heteroatoms. The quantitative estimate of drug-likeness (QED) is 0.608. The number of carbonyl (C=O) groups is 1. The first kappa shape index (κ1) is 23.5. The molecule has 0 aliphatic carbocycles. The van der Waals surface area contributed by atoms with Crippen LogP contribution in [-0.2, 0) is 10.0 Å². The van der Waals surface area contributed by atoms with Gasteiger partial charge in [0.05, 0.1) is 10.6 Å². The first-order chi connectivity index (χ1) is 14.8. The molecule has 168 valence electrons. The first-order valence-corrected chi connectivity index (χ1v) is 12.1. The van der Waals surface area contributed by atoms with Crippen molar-refractivity contribution in [2.45, 2.75) is 11.3 Å². The standard InChI is InChI=1S/C22H29ClN4O3S/c1-25-14-16-27(17-15-25)13-3-12-24-22(28)18-4-8-20(9-5-18)26(2)31(29,30)21-10-6-19(23)7-11-21/h4-11H,3,12-17H2,1-2H3,(H,24,28). The molecule has 31 heavy (non-hydrogen) atoms. The molecule has 1 N–H and O–H groups in total. The number of carbonyl (C=O) groups excluding carboxylic acids is 1. The summed E-state index contributed by atoms with van der Waals surface area (Å²) in [6, 6.07) is 12.6. The molecule has 7 nitrogen and oxygen atoms in total. The lowest BCUT2D eigenvalue weighted by Crippen LogP contribution is -2.45. The molecule has 1 aliphatic heterocycles. The molecule has 2 aromatic carbocycles. The van der Waals surface area contributed by atoms with E-state index in [2.05, 4.69) is 22.2 Å². The lowest BCUT2D eigenvalue weighted by atomic mass is 10.2. The third-order valence-corrected chi connectivity index (χ3v) is 7.55. The second kappa shape index (κ2) is 10.5. The van der Waals surface area contributed by atoms with Crippen LogP contribution >= 0.6 is 11.6 Å². The van der Waals surface area contributed by atoms with Crippen LogP contribution in [0.1, 0.15) is 16.8 Å². The third-order valence-electron chi connectivity index (χ3n) is 5.50. The fraction of sp³-hybridized carbons (Fsp3) is 0.409. The molecule has 2 aromatic rings. The summed E-state index contributed by atoms with van der Waals surface area (Å²) < 4.78 is 26.8. The van der Waals surface area contributed by atoms with E-state index in [4.69, 9.17) is 11.6 Å². The van der Waals surface area contributed by atoms with Gasteiger partial charge in [0.15, 0.2) is 0 Å². The van der Waals surface area contributed by atoms with Crippen molar-refractivity contribution in [2.24, 2.45) is 0 Å². The number of nitrogens with zero attached hydrogens (tertiary/aromatic N) is 3. The SMILES string of the molecule is CN1CCN(CCCNC(=O)c2ccc(N(C)S(=O)(=O)c3ccc(Cl)cc3)cc2)CC1. The van der Waals surface area contributed by atoms with Gasteiger partial charge in [0, 0.05) is 50.4 Å². The molecule has 0 bridgehead atoms. The molecule has 1 fully saturated rings. The Hall–Kier alpha value is -2.13. The van der Waals surface area contributed by atoms with Crippen molar-refractivity contribution in [3.8, 4) is 0 Å². The van der Waals surface area contributed by atoms with Crippen molar-refractivity contribution in [3.63, 3.8) is 0 Å². The Balaban J connectivity index is 1.51. The number of halogens is 1. The summed E-state index contributed by atoms with van der Waals surface area (Å²) >= 11 is 5.85. The minimum Gasteiger partial charge on any atom is -0.352 e. The van der Waals surface area contributed by atoms with E-state index in [1.165, 1.54) is 23.5 Å². The fourth-order valence-electron chi connectivity index (χ4n) is 3.40. The third kappa shape index (κ3) is 6.20. The van der Waals surface area contributed by atoms with Crippen molar-refractivity contribution in [2.75, 3.05) is 57.7 Å². The predicted octanol–water partition coefficient (Wildman–Crippen LogP) is 2.53. The highest BCUT2D eigenvalue weighted by atomic mass is 35.5. The van der Waals surface area contributed by atoms with E-state index in [1.807, 2.05) is 0 Å². The molecule has 0 radical (unpaired) electrons. The summed E-state index contributed by atoms with van der Waals surface area (Å²) in [5.41, 5.74) is 0.974. The average molecular weight is 465 g/mol. The minimum atomic E-state index is -3.71. The maximum atomic E-state index is 12.8. The highest BCUT2D eigenvalue weighted by Gasteiger charge is 2.21. The van der Waals surface area contributed by atoms with Gasteiger partial charge in [-0.05, 0) is 68.5 Å². The number of amides is 1. The van der Waals surface area contributed by atoms with Gasteiger partial charge in [0.2, 0.25) is 0 Å². The van der Waals surface area contributed by atoms with Gasteiger partial charge in [-0.2, -0.15) is 0 Å². The topological polar surface area (TPSA) is 73.0 Å². The van der Waals surface area contributed by atoms with E-state index < -0.39 is 10.0 Å². The number of rotatable bonds is 8. The van der Waals surface area contributed by atoms with Gasteiger partial charge in [-0.3, -0.25) is 9.10 Å². The molecular formula is C22H29ClN4O3S. The van der Waals surface area contributed by atoms with Gasteiger partial charge in [0.25, 0.3) is 15.9 Å². The Morgan fingerprint density at radius 1 is 1.03 bits per heavy atom. The van der Waals surface area contributed by atoms with Crippen molar-refractivity contribution < 1.29 is 13.2 Å². The number of anilines is 1. The molecule has 0 unspecified atom stereocenters. The molecule has 0 aromatic heterocycles. The Morgan fingerprint density at radius 3 is 2.26 bits per heavy atom. The number of hydrogen-bond acceptors (Lipinski definition) is 5. The number of nitrogens with one attached hydrogen (secondary N) is 1. The molecule has 0 spiro atoms. The molecular weight excluding hydrogens is 436 g/mol. The Morgan fingerprint density at radius 2 is 1.65 bits per heavy atom. The fourth-order valence-corrected chi connectivity index (χ4v) is 4.73. The van der Waals surface area contributed by atoms with E-state index in [9.17, 15) is 13.2 Å². The van der Waals surface area contributed by atoms with E-state index in [-0.39, 0.29) is 10.8 Å². The summed E-state index contributed by atoms with van der Waals surface area (Å²) in [5, 5.41) is 3.41. The van der Waals surface area contributed by atoms with Gasteiger partial charge in [-0.1, -0.05) is 11.6 Å². The normalized spacial score (nSPS) is 15.6. The smallest absolute Gasteiger partial charge is 0.264 e. The Kier molecular flexibility index (Phi) is 7.94. The number of likely N-dealkylation sites (N-methyl/N-ethyl adjacent to an activating group) is 1. The van der Waals surface area contributed by atoms with Crippen molar-refractivity contribution >= 4 is 33.2 Å². The summed E-state index contributed by atoms with van der Waals surface area (Å²) in [5.74, 6) is -0.159. The zero-order valence-corrected chi connectivity index (χ0v) is 19.5. The second-order valence-corrected chi connectivity index (χ2v) is 10.1. The van der Waals surface area contributed by atoms with Crippen molar-refractivity contribution in [3.05, 3.63) is 59.1 Å². The lowest BCUT2D eigenvalue weighted by Gasteiger charge is -2.32. The van der Waals surface area contributed by atoms with E-state index in [0.717, 1.165) is 39.1 Å². The van der Waals surface area contributed by atoms with Gasteiger partial charge in [-0.25, -0.2) is 8.42 Å². The van der Waals surface area contributed by atoms with Gasteiger partial charge >= 0.3 is 0 Å². The van der Waals surface area contributed by atoms with Gasteiger partial charge in [-0.15, -0.1) is 0 Å². The maximum absolute atomic E-state index is 12.8. The average Bonchev–Trinajstić information content (AvgIpc) is 2.77. The Bertz CT molecular complexity index is 973. The van der Waals surface area contributed by atoms with Crippen molar-refractivity contribution in [1.29, 1.82) is 0 Å². The highest BCUT2D eigenvalue weighted by molar-refractivity contribution is 7.92. The molecule has 1 aliphatic rings. The van der Waals surface area contributed by atoms with Crippen LogP contribution in [0.25, 0.3) is 0 Å². The minimum absolute atomic E-state index is 0.154.